The lowest BCUT2D eigenvalue weighted by Crippen LogP contribution is -2.42. The molecule has 158 valence electrons. The molecule has 1 aliphatic heterocycles. The van der Waals surface area contributed by atoms with Gasteiger partial charge in [0.2, 0.25) is 4.77 Å². The number of pyridine rings is 1. The number of benzene rings is 1. The first-order valence-electron chi connectivity index (χ1n) is 9.79. The summed E-state index contributed by atoms with van der Waals surface area (Å²) in [7, 11) is 0. The van der Waals surface area contributed by atoms with E-state index in [2.05, 4.69) is 10.1 Å². The molecule has 1 saturated heterocycles. The van der Waals surface area contributed by atoms with Gasteiger partial charge in [-0.15, -0.1) is 5.10 Å². The number of rotatable bonds is 4. The third-order valence-electron chi connectivity index (χ3n) is 5.37. The number of alkyl halides is 3. The molecule has 3 heterocycles. The number of piperidine rings is 1. The van der Waals surface area contributed by atoms with Gasteiger partial charge in [-0.2, -0.15) is 13.2 Å². The monoisotopic (exact) mass is 433 g/mol. The maximum Gasteiger partial charge on any atom is 0.393 e. The van der Waals surface area contributed by atoms with Crippen LogP contribution in [0.2, 0.25) is 0 Å². The van der Waals surface area contributed by atoms with Crippen LogP contribution in [0.15, 0.2) is 48.8 Å². The topological polar surface area (TPSA) is 38.9 Å². The molecule has 1 aromatic carbocycles. The predicted octanol–water partition coefficient (Wildman–Crippen LogP) is 5.01. The Hall–Kier alpha value is -2.52. The normalized spacial score (nSPS) is 17.9. The van der Waals surface area contributed by atoms with Gasteiger partial charge in [-0.1, -0.05) is 17.7 Å². The summed E-state index contributed by atoms with van der Waals surface area (Å²) in [6.45, 7) is 2.79. The third kappa shape index (κ3) is 4.32. The van der Waals surface area contributed by atoms with Crippen molar-refractivity contribution in [1.82, 2.24) is 24.2 Å². The lowest BCUT2D eigenvalue weighted by molar-refractivity contribution is -0.188. The van der Waals surface area contributed by atoms with Crippen molar-refractivity contribution in [2.45, 2.75) is 32.6 Å². The fourth-order valence-corrected chi connectivity index (χ4v) is 4.05. The molecule has 0 unspecified atom stereocenters. The molecule has 0 aliphatic carbocycles. The summed E-state index contributed by atoms with van der Waals surface area (Å²) in [5, 5.41) is 4.68. The highest BCUT2D eigenvalue weighted by atomic mass is 32.1. The molecular weight excluding hydrogens is 411 g/mol. The number of aromatic nitrogens is 4. The van der Waals surface area contributed by atoms with Crippen LogP contribution in [0.5, 0.6) is 0 Å². The number of hydrogen-bond acceptors (Lipinski definition) is 4. The van der Waals surface area contributed by atoms with Crippen LogP contribution in [0.3, 0.4) is 0 Å². The average Bonchev–Trinajstić information content (AvgIpc) is 3.05. The molecule has 4 rings (SSSR count). The first-order valence-corrected chi connectivity index (χ1v) is 10.2. The van der Waals surface area contributed by atoms with Gasteiger partial charge in [-0.05, 0) is 62.8 Å². The van der Waals surface area contributed by atoms with Crippen LogP contribution in [0, 0.1) is 17.6 Å². The second-order valence-electron chi connectivity index (χ2n) is 7.61. The Morgan fingerprint density at radius 1 is 1.10 bits per heavy atom. The second kappa shape index (κ2) is 8.31. The standard InChI is InChI=1S/C21H22F3N5S/c1-15-4-6-18(7-5-15)29-19(16-8-10-25-11-9-16)26-28(20(29)30)14-27-12-2-3-17(13-27)21(22,23)24/h4-11,17H,2-3,12-14H2,1H3/t17-/m1/s1. The molecule has 0 radical (unpaired) electrons. The van der Waals surface area contributed by atoms with E-state index in [-0.39, 0.29) is 19.6 Å². The van der Waals surface area contributed by atoms with Crippen molar-refractivity contribution in [3.8, 4) is 17.1 Å². The van der Waals surface area contributed by atoms with Crippen LogP contribution in [0.25, 0.3) is 17.1 Å². The molecule has 1 atom stereocenters. The van der Waals surface area contributed by atoms with Gasteiger partial charge >= 0.3 is 6.18 Å². The Balaban J connectivity index is 1.71. The minimum atomic E-state index is -4.18. The summed E-state index contributed by atoms with van der Waals surface area (Å²) in [6.07, 6.45) is -0.146. The third-order valence-corrected chi connectivity index (χ3v) is 5.77. The lowest BCUT2D eigenvalue weighted by atomic mass is 9.98. The highest BCUT2D eigenvalue weighted by molar-refractivity contribution is 7.71. The summed E-state index contributed by atoms with van der Waals surface area (Å²) in [5.41, 5.74) is 2.81. The maximum absolute atomic E-state index is 13.2. The zero-order chi connectivity index (χ0) is 21.3. The van der Waals surface area contributed by atoms with Crippen molar-refractivity contribution >= 4 is 12.2 Å². The van der Waals surface area contributed by atoms with Crippen molar-refractivity contribution in [2.75, 3.05) is 13.1 Å². The van der Waals surface area contributed by atoms with Crippen LogP contribution in [-0.4, -0.2) is 43.5 Å². The molecule has 9 heteroatoms. The van der Waals surface area contributed by atoms with Crippen LogP contribution in [-0.2, 0) is 6.67 Å². The number of hydrogen-bond donors (Lipinski definition) is 0. The van der Waals surface area contributed by atoms with Gasteiger partial charge in [0, 0.05) is 30.2 Å². The van der Waals surface area contributed by atoms with E-state index in [1.807, 2.05) is 47.9 Å². The highest BCUT2D eigenvalue weighted by Crippen LogP contribution is 2.33. The van der Waals surface area contributed by atoms with Gasteiger partial charge in [-0.3, -0.25) is 14.5 Å². The summed E-state index contributed by atoms with van der Waals surface area (Å²) < 4.78 is 43.5. The van der Waals surface area contributed by atoms with E-state index in [1.54, 1.807) is 22.0 Å². The second-order valence-corrected chi connectivity index (χ2v) is 7.98. The van der Waals surface area contributed by atoms with E-state index in [9.17, 15) is 13.2 Å². The SMILES string of the molecule is Cc1ccc(-n2c(-c3ccncc3)nn(CN3CCC[C@@H](C(F)(F)F)C3)c2=S)cc1. The molecule has 5 nitrogen and oxygen atoms in total. The van der Waals surface area contributed by atoms with Gasteiger partial charge in [0.05, 0.1) is 12.6 Å². The minimum absolute atomic E-state index is 0.0345. The summed E-state index contributed by atoms with van der Waals surface area (Å²) in [5.74, 6) is -0.671. The van der Waals surface area contributed by atoms with Crippen molar-refractivity contribution in [3.05, 3.63) is 59.1 Å². The number of likely N-dealkylation sites (tertiary alicyclic amines) is 1. The molecule has 0 amide bonds. The van der Waals surface area contributed by atoms with Gasteiger partial charge in [0.15, 0.2) is 5.82 Å². The van der Waals surface area contributed by atoms with Crippen LogP contribution >= 0.6 is 12.2 Å². The lowest BCUT2D eigenvalue weighted by Gasteiger charge is -2.33. The number of aryl methyl sites for hydroxylation is 1. The molecule has 1 aliphatic rings. The Morgan fingerprint density at radius 2 is 1.80 bits per heavy atom. The van der Waals surface area contributed by atoms with E-state index in [4.69, 9.17) is 12.2 Å². The highest BCUT2D eigenvalue weighted by Gasteiger charge is 2.41. The van der Waals surface area contributed by atoms with E-state index >= 15 is 0 Å². The molecule has 0 spiro atoms. The largest absolute Gasteiger partial charge is 0.393 e. The zero-order valence-corrected chi connectivity index (χ0v) is 17.3. The minimum Gasteiger partial charge on any atom is -0.284 e. The zero-order valence-electron chi connectivity index (χ0n) is 16.5. The van der Waals surface area contributed by atoms with Crippen molar-refractivity contribution < 1.29 is 13.2 Å². The summed E-state index contributed by atoms with van der Waals surface area (Å²) in [6, 6.07) is 11.6. The summed E-state index contributed by atoms with van der Waals surface area (Å²) >= 11 is 5.70. The molecule has 1 fully saturated rings. The first-order chi connectivity index (χ1) is 14.3. The van der Waals surface area contributed by atoms with E-state index in [0.717, 1.165) is 16.8 Å². The summed E-state index contributed by atoms with van der Waals surface area (Å²) in [4.78, 5) is 5.83. The molecule has 3 aromatic rings. The van der Waals surface area contributed by atoms with Crippen molar-refractivity contribution in [3.63, 3.8) is 0 Å². The molecule has 30 heavy (non-hydrogen) atoms. The molecule has 0 saturated carbocycles. The Bertz CT molecular complexity index is 1060. The van der Waals surface area contributed by atoms with Crippen LogP contribution in [0.1, 0.15) is 18.4 Å². The van der Waals surface area contributed by atoms with E-state index < -0.39 is 12.1 Å². The van der Waals surface area contributed by atoms with Gasteiger partial charge in [0.1, 0.15) is 0 Å². The molecule has 0 bridgehead atoms. The molecule has 2 aromatic heterocycles. The fraction of sp³-hybridized carbons (Fsp3) is 0.381. The Morgan fingerprint density at radius 3 is 2.47 bits per heavy atom. The Kier molecular flexibility index (Phi) is 5.75. The number of nitrogens with zero attached hydrogens (tertiary/aromatic N) is 5. The van der Waals surface area contributed by atoms with E-state index in [0.29, 0.717) is 23.6 Å². The number of halogens is 3. The van der Waals surface area contributed by atoms with Gasteiger partial charge in [0.25, 0.3) is 0 Å². The van der Waals surface area contributed by atoms with Gasteiger partial charge in [-0.25, -0.2) is 4.68 Å². The van der Waals surface area contributed by atoms with Gasteiger partial charge < -0.3 is 0 Å². The van der Waals surface area contributed by atoms with Crippen molar-refractivity contribution in [2.24, 2.45) is 5.92 Å². The first kappa shape index (κ1) is 20.7. The smallest absolute Gasteiger partial charge is 0.284 e. The predicted molar refractivity (Wildman–Crippen MR) is 111 cm³/mol. The van der Waals surface area contributed by atoms with Crippen molar-refractivity contribution in [1.29, 1.82) is 0 Å². The average molecular weight is 434 g/mol. The Labute approximate surface area is 177 Å². The van der Waals surface area contributed by atoms with Crippen LogP contribution in [0.4, 0.5) is 13.2 Å². The quantitative estimate of drug-likeness (QED) is 0.543. The molecule has 0 N–H and O–H groups in total. The molecular formula is C21H22F3N5S. The maximum atomic E-state index is 13.2. The van der Waals surface area contributed by atoms with E-state index in [1.165, 1.54) is 0 Å². The van der Waals surface area contributed by atoms with Crippen LogP contribution < -0.4 is 0 Å². The fourth-order valence-electron chi connectivity index (χ4n) is 3.75.